The van der Waals surface area contributed by atoms with E-state index >= 15 is 0 Å². The molecular weight excluding hydrogens is 859 g/mol. The van der Waals surface area contributed by atoms with Crippen LogP contribution in [0.2, 0.25) is 15.1 Å². The number of rotatable bonds is 30. The van der Waals surface area contributed by atoms with Crippen molar-refractivity contribution in [2.24, 2.45) is 0 Å². The van der Waals surface area contributed by atoms with Crippen LogP contribution in [0.1, 0.15) is 78.5 Å². The summed E-state index contributed by atoms with van der Waals surface area (Å²) in [5.41, 5.74) is 1.66. The molecule has 0 aliphatic heterocycles. The van der Waals surface area contributed by atoms with Gasteiger partial charge in [-0.3, -0.25) is 4.79 Å². The van der Waals surface area contributed by atoms with Gasteiger partial charge >= 0.3 is 11.9 Å². The molecule has 3 aromatic carbocycles. The molecule has 0 spiro atoms. The molecule has 0 amide bonds. The van der Waals surface area contributed by atoms with E-state index in [0.717, 1.165) is 22.8 Å². The van der Waals surface area contributed by atoms with Crippen LogP contribution < -0.4 is 0 Å². The highest BCUT2D eigenvalue weighted by molar-refractivity contribution is 6.31. The third-order valence-corrected chi connectivity index (χ3v) is 10.4. The van der Waals surface area contributed by atoms with Crippen LogP contribution in [-0.2, 0) is 57.6 Å². The van der Waals surface area contributed by atoms with Crippen molar-refractivity contribution >= 4 is 46.7 Å². The highest BCUT2D eigenvalue weighted by Gasteiger charge is 2.40. The molecule has 0 bridgehead atoms. The Balaban J connectivity index is 1.36. The van der Waals surface area contributed by atoms with Gasteiger partial charge in [-0.25, -0.2) is 4.79 Å². The standard InChI is InChI=1S/C48H65Cl3O11/c1-10-46(52)61-30-38(8)59-28-36(6)57-26-34(4)55-24-32(2)54-25-33(3)56-27-35(5)58-29-37(7)60-31-39(9)62-47(53)23-48(40-11-17-43(49)18-12-40,41-13-19-44(50)20-14-41)42-15-21-45(51)22-16-42/h10-22,32-39H,1,23-31H2,2-9H3. The number of hydrogen-bond donors (Lipinski definition) is 0. The third kappa shape index (κ3) is 19.4. The second kappa shape index (κ2) is 28.0. The highest BCUT2D eigenvalue weighted by Crippen LogP contribution is 2.43. The number of carbonyl (C=O) groups excluding carboxylic acids is 2. The molecule has 0 aliphatic rings. The van der Waals surface area contributed by atoms with Gasteiger partial charge < -0.3 is 42.6 Å². The molecule has 344 valence electrons. The summed E-state index contributed by atoms with van der Waals surface area (Å²) in [4.78, 5) is 25.0. The molecule has 3 aromatic rings. The van der Waals surface area contributed by atoms with Crippen LogP contribution in [-0.4, -0.2) is 114 Å². The van der Waals surface area contributed by atoms with Crippen molar-refractivity contribution in [1.82, 2.24) is 0 Å². The summed E-state index contributed by atoms with van der Waals surface area (Å²) in [5.74, 6) is -0.879. The molecule has 0 heterocycles. The molecule has 0 fully saturated rings. The minimum Gasteiger partial charge on any atom is -0.460 e. The van der Waals surface area contributed by atoms with E-state index in [1.165, 1.54) is 0 Å². The van der Waals surface area contributed by atoms with E-state index < -0.39 is 23.5 Å². The maximum absolute atomic E-state index is 13.8. The summed E-state index contributed by atoms with van der Waals surface area (Å²) in [7, 11) is 0. The second-order valence-corrected chi connectivity index (χ2v) is 17.1. The van der Waals surface area contributed by atoms with E-state index in [0.29, 0.717) is 54.7 Å². The van der Waals surface area contributed by atoms with Crippen molar-refractivity contribution in [2.75, 3.05) is 52.9 Å². The van der Waals surface area contributed by atoms with Crippen molar-refractivity contribution in [3.63, 3.8) is 0 Å². The number of carbonyl (C=O) groups is 2. The quantitative estimate of drug-likeness (QED) is 0.0362. The van der Waals surface area contributed by atoms with Gasteiger partial charge in [0.2, 0.25) is 0 Å². The predicted octanol–water partition coefficient (Wildman–Crippen LogP) is 9.87. The van der Waals surface area contributed by atoms with Crippen molar-refractivity contribution in [3.05, 3.63) is 117 Å². The maximum atomic E-state index is 13.8. The SMILES string of the molecule is C=CC(=O)OCC(C)OCC(C)OCC(C)OCC(C)OCC(C)OCC(C)OCC(C)OCC(C)OC(=O)CC(c1ccc(Cl)cc1)(c1ccc(Cl)cc1)c1ccc(Cl)cc1. The van der Waals surface area contributed by atoms with E-state index in [1.54, 1.807) is 6.92 Å². The lowest BCUT2D eigenvalue weighted by Crippen LogP contribution is -2.35. The maximum Gasteiger partial charge on any atom is 0.330 e. The number of halogens is 3. The lowest BCUT2D eigenvalue weighted by atomic mass is 9.67. The summed E-state index contributed by atoms with van der Waals surface area (Å²) < 4.78 is 52.3. The van der Waals surface area contributed by atoms with Gasteiger partial charge in [0.1, 0.15) is 12.7 Å². The Morgan fingerprint density at radius 1 is 0.468 bits per heavy atom. The summed E-state index contributed by atoms with van der Waals surface area (Å²) in [6.45, 7) is 21.2. The Kier molecular flexibility index (Phi) is 24.0. The zero-order chi connectivity index (χ0) is 45.7. The normalized spacial score (nSPS) is 15.7. The average Bonchev–Trinajstić information content (AvgIpc) is 3.25. The van der Waals surface area contributed by atoms with Crippen LogP contribution in [0.5, 0.6) is 0 Å². The first kappa shape index (κ1) is 53.3. The fraction of sp³-hybridized carbons (Fsp3) is 0.542. The molecule has 14 heteroatoms. The van der Waals surface area contributed by atoms with Gasteiger partial charge in [-0.05, 0) is 108 Å². The molecule has 3 rings (SSSR count). The van der Waals surface area contributed by atoms with Gasteiger partial charge in [0.15, 0.2) is 0 Å². The van der Waals surface area contributed by atoms with Crippen LogP contribution in [0.15, 0.2) is 85.5 Å². The average molecular weight is 924 g/mol. The molecule has 0 aromatic heterocycles. The number of hydrogen-bond acceptors (Lipinski definition) is 11. The molecule has 0 saturated carbocycles. The van der Waals surface area contributed by atoms with Crippen LogP contribution in [0.3, 0.4) is 0 Å². The molecule has 0 radical (unpaired) electrons. The Labute approximate surface area is 383 Å². The summed E-state index contributed by atoms with van der Waals surface area (Å²) >= 11 is 18.9. The molecular formula is C48H65Cl3O11. The summed E-state index contributed by atoms with van der Waals surface area (Å²) in [5, 5.41) is 1.75. The molecule has 8 unspecified atom stereocenters. The monoisotopic (exact) mass is 922 g/mol. The predicted molar refractivity (Wildman–Crippen MR) is 243 cm³/mol. The lowest BCUT2D eigenvalue weighted by Gasteiger charge is -2.35. The summed E-state index contributed by atoms with van der Waals surface area (Å²) in [6, 6.07) is 22.4. The largest absolute Gasteiger partial charge is 0.460 e. The van der Waals surface area contributed by atoms with Crippen LogP contribution in [0, 0.1) is 0 Å². The fourth-order valence-corrected chi connectivity index (χ4v) is 6.60. The smallest absolute Gasteiger partial charge is 0.330 e. The van der Waals surface area contributed by atoms with Gasteiger partial charge in [0.25, 0.3) is 0 Å². The lowest BCUT2D eigenvalue weighted by molar-refractivity contribution is -0.154. The van der Waals surface area contributed by atoms with Crippen molar-refractivity contribution < 1.29 is 52.2 Å². The first-order valence-electron chi connectivity index (χ1n) is 21.1. The van der Waals surface area contributed by atoms with Gasteiger partial charge in [0.05, 0.1) is 101 Å². The Bertz CT molecular complexity index is 1630. The van der Waals surface area contributed by atoms with E-state index in [4.69, 9.17) is 77.4 Å². The zero-order valence-electron chi connectivity index (χ0n) is 37.3. The van der Waals surface area contributed by atoms with Gasteiger partial charge in [-0.2, -0.15) is 0 Å². The van der Waals surface area contributed by atoms with Gasteiger partial charge in [0, 0.05) is 21.1 Å². The first-order valence-corrected chi connectivity index (χ1v) is 22.2. The molecule has 11 nitrogen and oxygen atoms in total. The van der Waals surface area contributed by atoms with E-state index in [2.05, 4.69) is 6.58 Å². The molecule has 0 N–H and O–H groups in total. The van der Waals surface area contributed by atoms with E-state index in [-0.39, 0.29) is 62.4 Å². The third-order valence-electron chi connectivity index (χ3n) is 9.69. The number of esters is 2. The van der Waals surface area contributed by atoms with Crippen molar-refractivity contribution in [2.45, 2.75) is 116 Å². The molecule has 8 atom stereocenters. The van der Waals surface area contributed by atoms with Crippen LogP contribution >= 0.6 is 34.8 Å². The topological polar surface area (TPSA) is 117 Å². The molecule has 0 saturated heterocycles. The zero-order valence-corrected chi connectivity index (χ0v) is 39.6. The van der Waals surface area contributed by atoms with Crippen molar-refractivity contribution in [1.29, 1.82) is 0 Å². The fourth-order valence-electron chi connectivity index (χ4n) is 6.22. The van der Waals surface area contributed by atoms with Gasteiger partial charge in [-0.15, -0.1) is 0 Å². The Morgan fingerprint density at radius 2 is 0.726 bits per heavy atom. The number of ether oxygens (including phenoxy) is 9. The van der Waals surface area contributed by atoms with Crippen molar-refractivity contribution in [3.8, 4) is 0 Å². The van der Waals surface area contributed by atoms with E-state index in [9.17, 15) is 9.59 Å². The highest BCUT2D eigenvalue weighted by atomic mass is 35.5. The van der Waals surface area contributed by atoms with E-state index in [1.807, 2.05) is 121 Å². The minimum absolute atomic E-state index is 0.000764. The number of benzene rings is 3. The van der Waals surface area contributed by atoms with Crippen LogP contribution in [0.25, 0.3) is 0 Å². The Morgan fingerprint density at radius 3 is 1.00 bits per heavy atom. The first-order chi connectivity index (χ1) is 29.5. The van der Waals surface area contributed by atoms with Crippen LogP contribution in [0.4, 0.5) is 0 Å². The summed E-state index contributed by atoms with van der Waals surface area (Å²) in [6.07, 6.45) is -0.704. The Hall–Kier alpha value is -3.07. The second-order valence-electron chi connectivity index (χ2n) is 15.7. The minimum atomic E-state index is -0.925. The molecule has 0 aliphatic carbocycles. The molecule has 62 heavy (non-hydrogen) atoms. The van der Waals surface area contributed by atoms with Gasteiger partial charge in [-0.1, -0.05) is 77.8 Å².